The molecule has 24 heavy (non-hydrogen) atoms. The zero-order valence-corrected chi connectivity index (χ0v) is 14.2. The van der Waals surface area contributed by atoms with Gasteiger partial charge in [0.1, 0.15) is 0 Å². The highest BCUT2D eigenvalue weighted by Gasteiger charge is 2.02. The Morgan fingerprint density at radius 3 is 2.21 bits per heavy atom. The molecule has 2 amide bonds. The van der Waals surface area contributed by atoms with E-state index in [1.165, 1.54) is 6.92 Å². The first-order valence-electron chi connectivity index (χ1n) is 7.65. The first kappa shape index (κ1) is 17.8. The van der Waals surface area contributed by atoms with E-state index in [2.05, 4.69) is 16.0 Å². The summed E-state index contributed by atoms with van der Waals surface area (Å²) in [5, 5.41) is 9.30. The molecule has 2 aromatic rings. The van der Waals surface area contributed by atoms with Crippen molar-refractivity contribution < 1.29 is 9.59 Å². The molecule has 6 heteroatoms. The summed E-state index contributed by atoms with van der Waals surface area (Å²) >= 11 is 5.83. The van der Waals surface area contributed by atoms with Gasteiger partial charge in [-0.3, -0.25) is 9.59 Å². The van der Waals surface area contributed by atoms with Gasteiger partial charge in [-0.1, -0.05) is 23.7 Å². The average molecular weight is 346 g/mol. The van der Waals surface area contributed by atoms with Crippen molar-refractivity contribution in [2.45, 2.75) is 13.3 Å². The fraction of sp³-hybridized carbons (Fsp3) is 0.222. The van der Waals surface area contributed by atoms with Crippen LogP contribution in [0.25, 0.3) is 0 Å². The molecule has 2 rings (SSSR count). The molecule has 0 atom stereocenters. The minimum absolute atomic E-state index is 0.0742. The quantitative estimate of drug-likeness (QED) is 0.722. The van der Waals surface area contributed by atoms with Crippen LogP contribution >= 0.6 is 11.6 Å². The zero-order chi connectivity index (χ0) is 17.4. The minimum Gasteiger partial charge on any atom is -0.376 e. The summed E-state index contributed by atoms with van der Waals surface area (Å²) in [7, 11) is 0. The highest BCUT2D eigenvalue weighted by molar-refractivity contribution is 6.30. The molecule has 2 aromatic carbocycles. The number of halogens is 1. The molecule has 5 nitrogen and oxygen atoms in total. The molecule has 0 heterocycles. The molecule has 0 saturated heterocycles. The first-order valence-corrected chi connectivity index (χ1v) is 8.03. The number of carbonyl (C=O) groups is 2. The lowest BCUT2D eigenvalue weighted by molar-refractivity contribution is -0.119. The molecule has 0 fully saturated rings. The van der Waals surface area contributed by atoms with Crippen molar-refractivity contribution >= 4 is 34.8 Å². The fourth-order valence-electron chi connectivity index (χ4n) is 2.12. The number of hydrogen-bond acceptors (Lipinski definition) is 3. The van der Waals surface area contributed by atoms with Gasteiger partial charge >= 0.3 is 0 Å². The Morgan fingerprint density at radius 2 is 1.58 bits per heavy atom. The van der Waals surface area contributed by atoms with Gasteiger partial charge in [0.15, 0.2) is 0 Å². The van der Waals surface area contributed by atoms with Gasteiger partial charge in [-0.2, -0.15) is 0 Å². The maximum atomic E-state index is 11.8. The number of anilines is 2. The summed E-state index contributed by atoms with van der Waals surface area (Å²) in [6.45, 7) is 2.23. The van der Waals surface area contributed by atoms with Gasteiger partial charge in [0.2, 0.25) is 11.8 Å². The molecular weight excluding hydrogens is 326 g/mol. The highest BCUT2D eigenvalue weighted by atomic mass is 35.5. The van der Waals surface area contributed by atoms with Crippen LogP contribution in [0.2, 0.25) is 5.02 Å². The molecule has 0 spiro atoms. The van der Waals surface area contributed by atoms with E-state index in [1.807, 2.05) is 36.4 Å². The summed E-state index contributed by atoms with van der Waals surface area (Å²) in [5.41, 5.74) is 2.67. The maximum absolute atomic E-state index is 11.8. The van der Waals surface area contributed by atoms with Crippen molar-refractivity contribution in [3.05, 3.63) is 59.1 Å². The van der Waals surface area contributed by atoms with E-state index in [9.17, 15) is 9.59 Å². The smallest absolute Gasteiger partial charge is 0.239 e. The second-order valence-corrected chi connectivity index (χ2v) is 5.77. The van der Waals surface area contributed by atoms with Gasteiger partial charge in [0, 0.05) is 29.9 Å². The van der Waals surface area contributed by atoms with E-state index in [0.29, 0.717) is 11.6 Å². The predicted molar refractivity (Wildman–Crippen MR) is 97.4 cm³/mol. The molecule has 3 N–H and O–H groups in total. The standard InChI is InChI=1S/C18H20ClN3O2/c1-13(23)22-17-8-6-16(7-9-17)21-12-18(24)20-11-10-14-2-4-15(19)5-3-14/h2-9,21H,10-12H2,1H3,(H,20,24)(H,22,23). The Labute approximate surface area is 146 Å². The second-order valence-electron chi connectivity index (χ2n) is 5.34. The van der Waals surface area contributed by atoms with Crippen LogP contribution in [-0.4, -0.2) is 24.9 Å². The second kappa shape index (κ2) is 8.93. The van der Waals surface area contributed by atoms with Crippen LogP contribution in [0.1, 0.15) is 12.5 Å². The highest BCUT2D eigenvalue weighted by Crippen LogP contribution is 2.13. The monoisotopic (exact) mass is 345 g/mol. The van der Waals surface area contributed by atoms with Crippen molar-refractivity contribution in [3.63, 3.8) is 0 Å². The van der Waals surface area contributed by atoms with Gasteiger partial charge in [-0.25, -0.2) is 0 Å². The number of carbonyl (C=O) groups excluding carboxylic acids is 2. The maximum Gasteiger partial charge on any atom is 0.239 e. The molecule has 0 saturated carbocycles. The van der Waals surface area contributed by atoms with Crippen LogP contribution in [-0.2, 0) is 16.0 Å². The van der Waals surface area contributed by atoms with E-state index >= 15 is 0 Å². The van der Waals surface area contributed by atoms with Crippen LogP contribution in [0, 0.1) is 0 Å². The van der Waals surface area contributed by atoms with Crippen molar-refractivity contribution in [2.75, 3.05) is 23.7 Å². The molecule has 0 aliphatic carbocycles. The van der Waals surface area contributed by atoms with Crippen LogP contribution in [0.15, 0.2) is 48.5 Å². The van der Waals surface area contributed by atoms with E-state index in [-0.39, 0.29) is 18.4 Å². The normalized spacial score (nSPS) is 10.1. The zero-order valence-electron chi connectivity index (χ0n) is 13.4. The summed E-state index contributed by atoms with van der Waals surface area (Å²) in [6.07, 6.45) is 0.758. The van der Waals surface area contributed by atoms with Crippen LogP contribution < -0.4 is 16.0 Å². The predicted octanol–water partition coefficient (Wildman–Crippen LogP) is 3.07. The summed E-state index contributed by atoms with van der Waals surface area (Å²) in [5.74, 6) is -0.189. The minimum atomic E-state index is -0.115. The summed E-state index contributed by atoms with van der Waals surface area (Å²) in [4.78, 5) is 22.8. The summed E-state index contributed by atoms with van der Waals surface area (Å²) in [6, 6.07) is 14.8. The van der Waals surface area contributed by atoms with Gasteiger partial charge < -0.3 is 16.0 Å². The van der Waals surface area contributed by atoms with Gasteiger partial charge in [-0.05, 0) is 48.4 Å². The third kappa shape index (κ3) is 6.30. The van der Waals surface area contributed by atoms with Gasteiger partial charge in [0.25, 0.3) is 0 Å². The first-order chi connectivity index (χ1) is 11.5. The summed E-state index contributed by atoms with van der Waals surface area (Å²) < 4.78 is 0. The average Bonchev–Trinajstić information content (AvgIpc) is 2.55. The molecule has 0 unspecified atom stereocenters. The number of rotatable bonds is 7. The Hall–Kier alpha value is -2.53. The topological polar surface area (TPSA) is 70.2 Å². The third-order valence-corrected chi connectivity index (χ3v) is 3.56. The van der Waals surface area contributed by atoms with Crippen LogP contribution in [0.3, 0.4) is 0 Å². The van der Waals surface area contributed by atoms with Crippen LogP contribution in [0.4, 0.5) is 11.4 Å². The Balaban J connectivity index is 1.69. The van der Waals surface area contributed by atoms with Crippen molar-refractivity contribution in [1.29, 1.82) is 0 Å². The number of nitrogens with one attached hydrogen (secondary N) is 3. The molecule has 0 aliphatic heterocycles. The number of hydrogen-bond donors (Lipinski definition) is 3. The van der Waals surface area contributed by atoms with E-state index < -0.39 is 0 Å². The molecule has 0 aliphatic rings. The van der Waals surface area contributed by atoms with Gasteiger partial charge in [0.05, 0.1) is 6.54 Å². The Kier molecular flexibility index (Phi) is 6.63. The SMILES string of the molecule is CC(=O)Nc1ccc(NCC(=O)NCCc2ccc(Cl)cc2)cc1. The molecule has 0 aromatic heterocycles. The molecule has 0 bridgehead atoms. The lowest BCUT2D eigenvalue weighted by Gasteiger charge is -2.09. The molecular formula is C18H20ClN3O2. The molecule has 126 valence electrons. The Bertz CT molecular complexity index is 684. The Morgan fingerprint density at radius 1 is 0.958 bits per heavy atom. The lowest BCUT2D eigenvalue weighted by Crippen LogP contribution is -2.31. The molecule has 0 radical (unpaired) electrons. The van der Waals surface area contributed by atoms with Crippen LogP contribution in [0.5, 0.6) is 0 Å². The third-order valence-electron chi connectivity index (χ3n) is 3.31. The van der Waals surface area contributed by atoms with E-state index in [0.717, 1.165) is 23.4 Å². The van der Waals surface area contributed by atoms with E-state index in [1.54, 1.807) is 12.1 Å². The number of benzene rings is 2. The lowest BCUT2D eigenvalue weighted by atomic mass is 10.1. The van der Waals surface area contributed by atoms with Gasteiger partial charge in [-0.15, -0.1) is 0 Å². The van der Waals surface area contributed by atoms with Crippen molar-refractivity contribution in [3.8, 4) is 0 Å². The van der Waals surface area contributed by atoms with Crippen molar-refractivity contribution in [1.82, 2.24) is 5.32 Å². The van der Waals surface area contributed by atoms with Crippen molar-refractivity contribution in [2.24, 2.45) is 0 Å². The number of amides is 2. The van der Waals surface area contributed by atoms with E-state index in [4.69, 9.17) is 11.6 Å². The fourth-order valence-corrected chi connectivity index (χ4v) is 2.24. The largest absolute Gasteiger partial charge is 0.376 e.